The fraction of sp³-hybridized carbons (Fsp3) is 0.579. The van der Waals surface area contributed by atoms with Crippen LogP contribution in [-0.4, -0.2) is 48.7 Å². The summed E-state index contributed by atoms with van der Waals surface area (Å²) in [7, 11) is 0. The first-order chi connectivity index (χ1) is 13.1. The van der Waals surface area contributed by atoms with Crippen LogP contribution in [0, 0.1) is 6.92 Å². The standard InChI is InChI=1S/C19H28N4O2S2/c1-13-6-7-14(22-18(26)20-11-15-4-2-8-24-15)10-17(13)23-19(27)21-12-16-5-3-9-25-16/h6-7,10,15-16H,2-5,8-9,11-12H2,1H3,(H2,20,22,26)(H2,21,23,27)/t15-,16-/m0/s1. The molecule has 3 rings (SSSR count). The van der Waals surface area contributed by atoms with Crippen LogP contribution in [0.15, 0.2) is 18.2 Å². The Balaban J connectivity index is 1.47. The number of rotatable bonds is 6. The predicted octanol–water partition coefficient (Wildman–Crippen LogP) is 2.93. The van der Waals surface area contributed by atoms with Crippen molar-refractivity contribution in [2.75, 3.05) is 36.9 Å². The smallest absolute Gasteiger partial charge is 0.170 e. The van der Waals surface area contributed by atoms with E-state index in [-0.39, 0.29) is 12.2 Å². The van der Waals surface area contributed by atoms with Crippen LogP contribution in [0.5, 0.6) is 0 Å². The van der Waals surface area contributed by atoms with Crippen LogP contribution < -0.4 is 21.3 Å². The molecule has 0 amide bonds. The summed E-state index contributed by atoms with van der Waals surface area (Å²) in [6, 6.07) is 6.05. The molecule has 6 nitrogen and oxygen atoms in total. The van der Waals surface area contributed by atoms with Gasteiger partial charge in [-0.3, -0.25) is 0 Å². The Bertz CT molecular complexity index is 659. The van der Waals surface area contributed by atoms with Crippen LogP contribution in [-0.2, 0) is 9.47 Å². The van der Waals surface area contributed by atoms with Gasteiger partial charge in [-0.15, -0.1) is 0 Å². The fourth-order valence-electron chi connectivity index (χ4n) is 3.20. The summed E-state index contributed by atoms with van der Waals surface area (Å²) in [5.74, 6) is 0. The van der Waals surface area contributed by atoms with Gasteiger partial charge in [-0.25, -0.2) is 0 Å². The molecule has 0 unspecified atom stereocenters. The van der Waals surface area contributed by atoms with Crippen LogP contribution in [0.2, 0.25) is 0 Å². The van der Waals surface area contributed by atoms with Crippen molar-refractivity contribution in [2.24, 2.45) is 0 Å². The van der Waals surface area contributed by atoms with Crippen LogP contribution >= 0.6 is 24.4 Å². The third-order valence-electron chi connectivity index (χ3n) is 4.77. The van der Waals surface area contributed by atoms with Gasteiger partial charge in [0.15, 0.2) is 10.2 Å². The molecule has 1 aromatic rings. The molecule has 2 heterocycles. The number of anilines is 2. The molecule has 8 heteroatoms. The van der Waals surface area contributed by atoms with E-state index in [9.17, 15) is 0 Å². The van der Waals surface area contributed by atoms with Gasteiger partial charge in [0.25, 0.3) is 0 Å². The first-order valence-corrected chi connectivity index (χ1v) is 10.4. The number of nitrogens with one attached hydrogen (secondary N) is 4. The van der Waals surface area contributed by atoms with Gasteiger partial charge in [0, 0.05) is 37.7 Å². The summed E-state index contributed by atoms with van der Waals surface area (Å²) in [4.78, 5) is 0. The summed E-state index contributed by atoms with van der Waals surface area (Å²) in [6.07, 6.45) is 4.94. The second kappa shape index (κ2) is 10.2. The number of thiocarbonyl (C=S) groups is 2. The molecule has 2 atom stereocenters. The molecule has 148 valence electrons. The van der Waals surface area contributed by atoms with Crippen molar-refractivity contribution in [1.82, 2.24) is 10.6 Å². The summed E-state index contributed by atoms with van der Waals surface area (Å²) >= 11 is 10.8. The minimum absolute atomic E-state index is 0.256. The number of hydrogen-bond acceptors (Lipinski definition) is 4. The molecule has 4 N–H and O–H groups in total. The maximum atomic E-state index is 5.61. The number of benzene rings is 1. The zero-order valence-corrected chi connectivity index (χ0v) is 17.3. The van der Waals surface area contributed by atoms with E-state index >= 15 is 0 Å². The van der Waals surface area contributed by atoms with Crippen molar-refractivity contribution in [3.05, 3.63) is 23.8 Å². The Hall–Kier alpha value is -1.48. The molecule has 2 saturated heterocycles. The van der Waals surface area contributed by atoms with Crippen molar-refractivity contribution in [2.45, 2.75) is 44.8 Å². The average Bonchev–Trinajstić information content (AvgIpc) is 3.35. The highest BCUT2D eigenvalue weighted by atomic mass is 32.1. The van der Waals surface area contributed by atoms with Crippen molar-refractivity contribution >= 4 is 46.0 Å². The third-order valence-corrected chi connectivity index (χ3v) is 5.26. The van der Waals surface area contributed by atoms with Crippen LogP contribution in [0.3, 0.4) is 0 Å². The highest BCUT2D eigenvalue weighted by molar-refractivity contribution is 7.80. The van der Waals surface area contributed by atoms with E-state index in [2.05, 4.69) is 21.3 Å². The molecule has 0 radical (unpaired) electrons. The monoisotopic (exact) mass is 408 g/mol. The minimum atomic E-state index is 0.256. The molecule has 2 aliphatic heterocycles. The molecule has 2 fully saturated rings. The first kappa shape index (κ1) is 20.3. The van der Waals surface area contributed by atoms with Gasteiger partial charge in [-0.05, 0) is 74.7 Å². The average molecular weight is 409 g/mol. The van der Waals surface area contributed by atoms with Gasteiger partial charge in [0.1, 0.15) is 0 Å². The fourth-order valence-corrected chi connectivity index (χ4v) is 3.59. The lowest BCUT2D eigenvalue weighted by atomic mass is 10.2. The zero-order chi connectivity index (χ0) is 19.1. The molecule has 1 aromatic carbocycles. The van der Waals surface area contributed by atoms with E-state index in [1.54, 1.807) is 0 Å². The molecule has 27 heavy (non-hydrogen) atoms. The summed E-state index contributed by atoms with van der Waals surface area (Å²) < 4.78 is 11.2. The SMILES string of the molecule is Cc1ccc(NC(=S)NC[C@@H]2CCCO2)cc1NC(=S)NC[C@@H]1CCCO1. The lowest BCUT2D eigenvalue weighted by Crippen LogP contribution is -2.35. The van der Waals surface area contributed by atoms with E-state index in [1.165, 1.54) is 0 Å². The Morgan fingerprint density at radius 3 is 2.11 bits per heavy atom. The molecular formula is C19H28N4O2S2. The van der Waals surface area contributed by atoms with E-state index < -0.39 is 0 Å². The second-order valence-corrected chi connectivity index (χ2v) is 7.79. The van der Waals surface area contributed by atoms with Crippen LogP contribution in [0.25, 0.3) is 0 Å². The third kappa shape index (κ3) is 6.57. The molecule has 0 bridgehead atoms. The highest BCUT2D eigenvalue weighted by Crippen LogP contribution is 2.20. The summed E-state index contributed by atoms with van der Waals surface area (Å²) in [5, 5.41) is 14.1. The van der Waals surface area contributed by atoms with Gasteiger partial charge in [-0.2, -0.15) is 0 Å². The molecule has 0 aliphatic carbocycles. The Labute approximate surface area is 171 Å². The van der Waals surface area contributed by atoms with Crippen molar-refractivity contribution < 1.29 is 9.47 Å². The Morgan fingerprint density at radius 1 is 0.963 bits per heavy atom. The summed E-state index contributed by atoms with van der Waals surface area (Å²) in [5.41, 5.74) is 2.97. The topological polar surface area (TPSA) is 66.6 Å². The lowest BCUT2D eigenvalue weighted by Gasteiger charge is -2.17. The van der Waals surface area contributed by atoms with Crippen LogP contribution in [0.4, 0.5) is 11.4 Å². The van der Waals surface area contributed by atoms with Crippen LogP contribution in [0.1, 0.15) is 31.2 Å². The van der Waals surface area contributed by atoms with E-state index in [4.69, 9.17) is 33.9 Å². The minimum Gasteiger partial charge on any atom is -0.376 e. The number of hydrogen-bond donors (Lipinski definition) is 4. The predicted molar refractivity (Wildman–Crippen MR) is 118 cm³/mol. The quantitative estimate of drug-likeness (QED) is 0.536. The molecule has 0 spiro atoms. The molecule has 2 aliphatic rings. The Kier molecular flexibility index (Phi) is 7.63. The molecule has 0 saturated carbocycles. The van der Waals surface area contributed by atoms with Crippen molar-refractivity contribution in [3.8, 4) is 0 Å². The van der Waals surface area contributed by atoms with Gasteiger partial charge >= 0.3 is 0 Å². The molecule has 0 aromatic heterocycles. The van der Waals surface area contributed by atoms with E-state index in [0.29, 0.717) is 10.2 Å². The first-order valence-electron chi connectivity index (χ1n) is 9.54. The number of aryl methyl sites for hydroxylation is 1. The maximum Gasteiger partial charge on any atom is 0.170 e. The second-order valence-electron chi connectivity index (χ2n) is 6.97. The largest absolute Gasteiger partial charge is 0.376 e. The maximum absolute atomic E-state index is 5.61. The molecular weight excluding hydrogens is 380 g/mol. The zero-order valence-electron chi connectivity index (χ0n) is 15.7. The highest BCUT2D eigenvalue weighted by Gasteiger charge is 2.16. The summed E-state index contributed by atoms with van der Waals surface area (Å²) in [6.45, 7) is 5.21. The van der Waals surface area contributed by atoms with E-state index in [0.717, 1.165) is 68.9 Å². The van der Waals surface area contributed by atoms with Crippen molar-refractivity contribution in [1.29, 1.82) is 0 Å². The van der Waals surface area contributed by atoms with Gasteiger partial charge in [0.05, 0.1) is 12.2 Å². The van der Waals surface area contributed by atoms with Crippen molar-refractivity contribution in [3.63, 3.8) is 0 Å². The van der Waals surface area contributed by atoms with Gasteiger partial charge < -0.3 is 30.7 Å². The normalized spacial score (nSPS) is 21.7. The lowest BCUT2D eigenvalue weighted by molar-refractivity contribution is 0.114. The Morgan fingerprint density at radius 2 is 1.56 bits per heavy atom. The van der Waals surface area contributed by atoms with E-state index in [1.807, 2.05) is 25.1 Å². The number of ether oxygens (including phenoxy) is 2. The van der Waals surface area contributed by atoms with Gasteiger partial charge in [-0.1, -0.05) is 6.07 Å². The van der Waals surface area contributed by atoms with Gasteiger partial charge in [0.2, 0.25) is 0 Å².